The lowest BCUT2D eigenvalue weighted by Crippen LogP contribution is -2.17. The standard InChI is InChI=1S/C20H17NO3.2C2H6/c1-3-12-15(4-2)21-16-8-6-5-7-13(16)20(12)14-9-18-19(10-17(14)22)24-11-23-18;2*1-2/h3-10,20-22H,1-2,11H2;2*1-2H3. The lowest BCUT2D eigenvalue weighted by atomic mass is 9.80. The van der Waals surface area contributed by atoms with Gasteiger partial charge in [-0.05, 0) is 29.3 Å². The van der Waals surface area contributed by atoms with Crippen LogP contribution in [0.3, 0.4) is 0 Å². The topological polar surface area (TPSA) is 50.7 Å². The van der Waals surface area contributed by atoms with Crippen molar-refractivity contribution in [1.82, 2.24) is 0 Å². The van der Waals surface area contributed by atoms with Crippen LogP contribution in [0.1, 0.15) is 44.7 Å². The Morgan fingerprint density at radius 2 is 1.61 bits per heavy atom. The van der Waals surface area contributed by atoms with Gasteiger partial charge in [-0.25, -0.2) is 0 Å². The van der Waals surface area contributed by atoms with Crippen molar-refractivity contribution in [1.29, 1.82) is 0 Å². The smallest absolute Gasteiger partial charge is 0.231 e. The first-order valence-corrected chi connectivity index (χ1v) is 9.70. The number of phenols is 1. The summed E-state index contributed by atoms with van der Waals surface area (Å²) in [6.45, 7) is 16.0. The second-order valence-electron chi connectivity index (χ2n) is 5.69. The molecule has 0 spiro atoms. The first-order chi connectivity index (χ1) is 13.7. The number of hydrogen-bond donors (Lipinski definition) is 2. The molecule has 0 saturated carbocycles. The predicted molar refractivity (Wildman–Crippen MR) is 116 cm³/mol. The van der Waals surface area contributed by atoms with E-state index in [2.05, 4.69) is 18.5 Å². The number of allylic oxidation sites excluding steroid dienone is 3. The second-order valence-corrected chi connectivity index (χ2v) is 5.69. The van der Waals surface area contributed by atoms with Crippen LogP contribution in [0.15, 0.2) is 73.0 Å². The van der Waals surface area contributed by atoms with Gasteiger partial charge in [-0.2, -0.15) is 0 Å². The van der Waals surface area contributed by atoms with Crippen LogP contribution in [-0.4, -0.2) is 11.9 Å². The molecule has 1 atom stereocenters. The van der Waals surface area contributed by atoms with E-state index in [0.717, 1.165) is 28.1 Å². The van der Waals surface area contributed by atoms with Gasteiger partial charge in [0.2, 0.25) is 6.79 Å². The number of nitrogens with one attached hydrogen (secondary N) is 1. The summed E-state index contributed by atoms with van der Waals surface area (Å²) in [7, 11) is 0. The van der Waals surface area contributed by atoms with Gasteiger partial charge in [0.1, 0.15) is 5.75 Å². The number of phenolic OH excluding ortho intramolecular Hbond substituents is 1. The van der Waals surface area contributed by atoms with Gasteiger partial charge in [0.05, 0.1) is 0 Å². The molecule has 2 heterocycles. The zero-order valence-electron chi connectivity index (χ0n) is 17.1. The molecule has 1 unspecified atom stereocenters. The van der Waals surface area contributed by atoms with Crippen LogP contribution in [0.5, 0.6) is 17.2 Å². The summed E-state index contributed by atoms with van der Waals surface area (Å²) in [6, 6.07) is 11.5. The highest BCUT2D eigenvalue weighted by Gasteiger charge is 2.30. The van der Waals surface area contributed by atoms with Crippen LogP contribution in [0.2, 0.25) is 0 Å². The normalized spacial score (nSPS) is 15.8. The Labute approximate surface area is 167 Å². The fraction of sp³-hybridized carbons (Fsp3) is 0.250. The average molecular weight is 380 g/mol. The molecule has 2 aromatic rings. The first kappa shape index (κ1) is 21.2. The Morgan fingerprint density at radius 3 is 2.25 bits per heavy atom. The van der Waals surface area contributed by atoms with E-state index in [4.69, 9.17) is 9.47 Å². The molecule has 4 rings (SSSR count). The van der Waals surface area contributed by atoms with Crippen molar-refractivity contribution in [3.63, 3.8) is 0 Å². The zero-order chi connectivity index (χ0) is 20.7. The van der Waals surface area contributed by atoms with Crippen LogP contribution in [0, 0.1) is 0 Å². The number of ether oxygens (including phenoxy) is 2. The minimum atomic E-state index is -0.164. The summed E-state index contributed by atoms with van der Waals surface area (Å²) >= 11 is 0. The fourth-order valence-electron chi connectivity index (χ4n) is 3.31. The number of benzene rings is 2. The molecule has 2 aliphatic rings. The summed E-state index contributed by atoms with van der Waals surface area (Å²) in [5.41, 5.74) is 4.64. The molecule has 148 valence electrons. The number of para-hydroxylation sites is 1. The van der Waals surface area contributed by atoms with E-state index in [-0.39, 0.29) is 18.5 Å². The van der Waals surface area contributed by atoms with Gasteiger partial charge in [-0.1, -0.05) is 65.1 Å². The van der Waals surface area contributed by atoms with Crippen molar-refractivity contribution in [3.8, 4) is 17.2 Å². The third-order valence-electron chi connectivity index (χ3n) is 4.42. The number of anilines is 1. The molecule has 4 heteroatoms. The fourth-order valence-corrected chi connectivity index (χ4v) is 3.31. The molecule has 0 fully saturated rings. The summed E-state index contributed by atoms with van der Waals surface area (Å²) in [5.74, 6) is 1.21. The van der Waals surface area contributed by atoms with Crippen LogP contribution < -0.4 is 14.8 Å². The quantitative estimate of drug-likeness (QED) is 0.652. The number of rotatable bonds is 3. The Hall–Kier alpha value is -3.14. The van der Waals surface area contributed by atoms with Crippen LogP contribution in [0.4, 0.5) is 5.69 Å². The van der Waals surface area contributed by atoms with E-state index in [0.29, 0.717) is 11.5 Å². The average Bonchev–Trinajstić information content (AvgIpc) is 3.21. The molecule has 0 aromatic heterocycles. The molecule has 2 aliphatic heterocycles. The van der Waals surface area contributed by atoms with Gasteiger partial charge in [-0.15, -0.1) is 0 Å². The maximum Gasteiger partial charge on any atom is 0.231 e. The number of aromatic hydroxyl groups is 1. The molecule has 0 aliphatic carbocycles. The highest BCUT2D eigenvalue weighted by Crippen LogP contribution is 2.48. The molecule has 28 heavy (non-hydrogen) atoms. The minimum Gasteiger partial charge on any atom is -0.507 e. The van der Waals surface area contributed by atoms with Crippen molar-refractivity contribution in [2.24, 2.45) is 0 Å². The SMILES string of the molecule is C=CC1=C(C=C)C(c2cc3c(cc2O)OCO3)c2ccccc2N1.CC.CC. The zero-order valence-corrected chi connectivity index (χ0v) is 17.1. The number of hydrogen-bond acceptors (Lipinski definition) is 4. The third kappa shape index (κ3) is 3.77. The maximum absolute atomic E-state index is 10.6. The van der Waals surface area contributed by atoms with Crippen LogP contribution >= 0.6 is 0 Å². The Kier molecular flexibility index (Phi) is 7.33. The molecule has 2 aromatic carbocycles. The van der Waals surface area contributed by atoms with E-state index in [1.807, 2.05) is 58.0 Å². The van der Waals surface area contributed by atoms with Crippen molar-refractivity contribution in [2.45, 2.75) is 33.6 Å². The van der Waals surface area contributed by atoms with E-state index in [9.17, 15) is 5.11 Å². The Morgan fingerprint density at radius 1 is 0.964 bits per heavy atom. The molecular weight excluding hydrogens is 350 g/mol. The molecule has 4 nitrogen and oxygen atoms in total. The maximum atomic E-state index is 10.6. The Bertz CT molecular complexity index is 883. The van der Waals surface area contributed by atoms with Crippen molar-refractivity contribution < 1.29 is 14.6 Å². The third-order valence-corrected chi connectivity index (χ3v) is 4.42. The van der Waals surface area contributed by atoms with Crippen LogP contribution in [-0.2, 0) is 0 Å². The summed E-state index contributed by atoms with van der Waals surface area (Å²) in [5, 5.41) is 14.0. The van der Waals surface area contributed by atoms with Crippen molar-refractivity contribution in [3.05, 3.63) is 84.1 Å². The van der Waals surface area contributed by atoms with Gasteiger partial charge < -0.3 is 19.9 Å². The van der Waals surface area contributed by atoms with Gasteiger partial charge in [0, 0.05) is 28.9 Å². The molecule has 0 radical (unpaired) electrons. The van der Waals surface area contributed by atoms with Crippen molar-refractivity contribution >= 4 is 5.69 Å². The second kappa shape index (κ2) is 9.70. The minimum absolute atomic E-state index is 0.164. The highest BCUT2D eigenvalue weighted by atomic mass is 16.7. The number of fused-ring (bicyclic) bond motifs is 2. The van der Waals surface area contributed by atoms with E-state index in [1.54, 1.807) is 18.2 Å². The molecule has 0 amide bonds. The highest BCUT2D eigenvalue weighted by molar-refractivity contribution is 5.70. The molecule has 0 bridgehead atoms. The molecular formula is C24H29NO3. The summed E-state index contributed by atoms with van der Waals surface area (Å²) in [6.07, 6.45) is 3.57. The van der Waals surface area contributed by atoms with Gasteiger partial charge in [0.15, 0.2) is 11.5 Å². The van der Waals surface area contributed by atoms with E-state index >= 15 is 0 Å². The van der Waals surface area contributed by atoms with E-state index in [1.165, 1.54) is 0 Å². The van der Waals surface area contributed by atoms with Gasteiger partial charge in [0.25, 0.3) is 0 Å². The first-order valence-electron chi connectivity index (χ1n) is 9.70. The lowest BCUT2D eigenvalue weighted by Gasteiger charge is -2.30. The summed E-state index contributed by atoms with van der Waals surface area (Å²) < 4.78 is 10.8. The lowest BCUT2D eigenvalue weighted by molar-refractivity contribution is 0.174. The predicted octanol–water partition coefficient (Wildman–Crippen LogP) is 6.36. The van der Waals surface area contributed by atoms with Crippen LogP contribution in [0.25, 0.3) is 0 Å². The van der Waals surface area contributed by atoms with Crippen molar-refractivity contribution in [2.75, 3.05) is 12.1 Å². The Balaban J connectivity index is 0.000000660. The van der Waals surface area contributed by atoms with Gasteiger partial charge in [-0.3, -0.25) is 0 Å². The van der Waals surface area contributed by atoms with E-state index < -0.39 is 0 Å². The van der Waals surface area contributed by atoms with Gasteiger partial charge >= 0.3 is 0 Å². The molecule has 2 N–H and O–H groups in total. The summed E-state index contributed by atoms with van der Waals surface area (Å²) in [4.78, 5) is 0. The molecule has 0 saturated heterocycles. The monoisotopic (exact) mass is 379 g/mol. The largest absolute Gasteiger partial charge is 0.507 e.